The summed E-state index contributed by atoms with van der Waals surface area (Å²) in [5, 5.41) is 5.04. The first kappa shape index (κ1) is 15.2. The molecule has 1 aliphatic carbocycles. The van der Waals surface area contributed by atoms with Gasteiger partial charge in [0.25, 0.3) is 10.0 Å². The fourth-order valence-corrected chi connectivity index (χ4v) is 6.16. The molecule has 21 heavy (non-hydrogen) atoms. The van der Waals surface area contributed by atoms with E-state index in [0.29, 0.717) is 17.3 Å². The van der Waals surface area contributed by atoms with Crippen molar-refractivity contribution in [3.63, 3.8) is 0 Å². The van der Waals surface area contributed by atoms with Gasteiger partial charge in [0.2, 0.25) is 0 Å². The van der Waals surface area contributed by atoms with Crippen molar-refractivity contribution in [1.29, 1.82) is 0 Å². The molecule has 0 aliphatic heterocycles. The van der Waals surface area contributed by atoms with Crippen molar-refractivity contribution in [2.75, 3.05) is 7.05 Å². The van der Waals surface area contributed by atoms with Gasteiger partial charge in [-0.3, -0.25) is 0 Å². The Labute approximate surface area is 133 Å². The van der Waals surface area contributed by atoms with Crippen LogP contribution < -0.4 is 5.32 Å². The zero-order valence-electron chi connectivity index (χ0n) is 11.8. The van der Waals surface area contributed by atoms with E-state index in [0.717, 1.165) is 22.6 Å². The lowest BCUT2D eigenvalue weighted by molar-refractivity contribution is 0.403. The summed E-state index contributed by atoms with van der Waals surface area (Å²) in [7, 11) is -1.52. The lowest BCUT2D eigenvalue weighted by atomic mass is 10.4. The summed E-state index contributed by atoms with van der Waals surface area (Å²) in [6.07, 6.45) is 1.94. The van der Waals surface area contributed by atoms with E-state index >= 15 is 0 Å². The summed E-state index contributed by atoms with van der Waals surface area (Å²) in [5.41, 5.74) is 0. The van der Waals surface area contributed by atoms with Crippen LogP contribution in [0.2, 0.25) is 0 Å². The average molecular weight is 343 g/mol. The number of nitrogens with one attached hydrogen (secondary N) is 1. The van der Waals surface area contributed by atoms with Crippen molar-refractivity contribution in [2.45, 2.75) is 36.2 Å². The maximum atomic E-state index is 12.9. The lowest BCUT2D eigenvalue weighted by Crippen LogP contribution is -2.31. The van der Waals surface area contributed by atoms with Gasteiger partial charge in [-0.1, -0.05) is 6.07 Å². The minimum Gasteiger partial charge on any atom is -0.315 e. The van der Waals surface area contributed by atoms with Gasteiger partial charge in [-0.2, -0.15) is 4.31 Å². The first-order valence-electron chi connectivity index (χ1n) is 6.89. The summed E-state index contributed by atoms with van der Waals surface area (Å²) < 4.78 is 27.9. The largest absolute Gasteiger partial charge is 0.315 e. The van der Waals surface area contributed by atoms with E-state index in [-0.39, 0.29) is 6.04 Å². The summed E-state index contributed by atoms with van der Waals surface area (Å²) >= 11 is 2.97. The Morgan fingerprint density at radius 3 is 2.71 bits per heavy atom. The van der Waals surface area contributed by atoms with E-state index < -0.39 is 10.0 Å². The van der Waals surface area contributed by atoms with E-state index in [4.69, 9.17) is 0 Å². The molecule has 2 aromatic heterocycles. The number of nitrogens with zero attached hydrogens (tertiary/aromatic N) is 1. The number of hydrogen-bond donors (Lipinski definition) is 1. The van der Waals surface area contributed by atoms with Gasteiger partial charge >= 0.3 is 0 Å². The molecule has 4 nitrogen and oxygen atoms in total. The third-order valence-electron chi connectivity index (χ3n) is 3.40. The minimum atomic E-state index is -3.38. The SMILES string of the molecule is CNCc1ccc(S(=O)(=O)N(Cc2cccs2)C2CC2)s1. The van der Waals surface area contributed by atoms with Gasteiger partial charge < -0.3 is 5.32 Å². The molecule has 1 saturated carbocycles. The molecule has 3 rings (SSSR count). The molecule has 0 saturated heterocycles. The summed E-state index contributed by atoms with van der Waals surface area (Å²) in [6.45, 7) is 1.19. The Hall–Kier alpha value is -0.730. The monoisotopic (exact) mass is 342 g/mol. The third kappa shape index (κ3) is 3.37. The second-order valence-corrected chi connectivity index (χ2v) is 9.43. The van der Waals surface area contributed by atoms with Crippen LogP contribution in [0.15, 0.2) is 33.9 Å². The molecule has 0 spiro atoms. The van der Waals surface area contributed by atoms with Gasteiger partial charge in [0.15, 0.2) is 0 Å². The minimum absolute atomic E-state index is 0.173. The second-order valence-electron chi connectivity index (χ2n) is 5.11. The van der Waals surface area contributed by atoms with E-state index in [1.54, 1.807) is 21.7 Å². The van der Waals surface area contributed by atoms with Crippen LogP contribution in [-0.4, -0.2) is 25.8 Å². The van der Waals surface area contributed by atoms with Crippen LogP contribution in [0.3, 0.4) is 0 Å². The topological polar surface area (TPSA) is 49.4 Å². The van der Waals surface area contributed by atoms with Crippen molar-refractivity contribution >= 4 is 32.7 Å². The predicted molar refractivity (Wildman–Crippen MR) is 87.2 cm³/mol. The van der Waals surface area contributed by atoms with Gasteiger partial charge in [-0.05, 0) is 43.5 Å². The zero-order chi connectivity index (χ0) is 14.9. The van der Waals surface area contributed by atoms with Crippen LogP contribution in [0, 0.1) is 0 Å². The molecule has 1 aliphatic rings. The van der Waals surface area contributed by atoms with E-state index in [1.807, 2.05) is 30.6 Å². The Kier molecular flexibility index (Phi) is 4.46. The molecule has 2 heterocycles. The molecule has 0 unspecified atom stereocenters. The van der Waals surface area contributed by atoms with E-state index in [2.05, 4.69) is 5.32 Å². The first-order valence-corrected chi connectivity index (χ1v) is 10.0. The first-order chi connectivity index (χ1) is 10.1. The maximum absolute atomic E-state index is 12.9. The summed E-state index contributed by atoms with van der Waals surface area (Å²) in [6, 6.07) is 7.76. The smallest absolute Gasteiger partial charge is 0.253 e. The highest BCUT2D eigenvalue weighted by Gasteiger charge is 2.38. The van der Waals surface area contributed by atoms with Crippen LogP contribution in [-0.2, 0) is 23.1 Å². The zero-order valence-corrected chi connectivity index (χ0v) is 14.2. The number of thiophene rings is 2. The van der Waals surface area contributed by atoms with Crippen LogP contribution in [0.5, 0.6) is 0 Å². The Bertz CT molecular complexity index is 688. The summed E-state index contributed by atoms with van der Waals surface area (Å²) in [5.74, 6) is 0. The van der Waals surface area contributed by atoms with Crippen molar-refractivity contribution < 1.29 is 8.42 Å². The summed E-state index contributed by atoms with van der Waals surface area (Å²) in [4.78, 5) is 2.14. The molecule has 0 aromatic carbocycles. The Morgan fingerprint density at radius 1 is 1.29 bits per heavy atom. The lowest BCUT2D eigenvalue weighted by Gasteiger charge is -2.20. The van der Waals surface area contributed by atoms with E-state index in [1.165, 1.54) is 11.3 Å². The second kappa shape index (κ2) is 6.18. The van der Waals surface area contributed by atoms with Crippen molar-refractivity contribution in [3.8, 4) is 0 Å². The predicted octanol–water partition coefficient (Wildman–Crippen LogP) is 2.88. The molecule has 1 fully saturated rings. The normalized spacial score (nSPS) is 15.7. The number of rotatable bonds is 7. The molecule has 114 valence electrons. The van der Waals surface area contributed by atoms with Crippen molar-refractivity contribution in [3.05, 3.63) is 39.4 Å². The highest BCUT2D eigenvalue weighted by molar-refractivity contribution is 7.91. The quantitative estimate of drug-likeness (QED) is 0.842. The van der Waals surface area contributed by atoms with Crippen LogP contribution in [0.4, 0.5) is 0 Å². The standard InChI is InChI=1S/C14H18N2O2S3/c1-15-9-12-6-7-14(20-12)21(17,18)16(11-4-5-11)10-13-3-2-8-19-13/h2-3,6-8,11,15H,4-5,9-10H2,1H3. The average Bonchev–Trinajstić information content (AvgIpc) is 2.96. The van der Waals surface area contributed by atoms with Gasteiger partial charge in [-0.15, -0.1) is 22.7 Å². The number of sulfonamides is 1. The van der Waals surface area contributed by atoms with Gasteiger partial charge in [0.1, 0.15) is 4.21 Å². The molecule has 0 atom stereocenters. The molecule has 0 amide bonds. The van der Waals surface area contributed by atoms with Crippen LogP contribution >= 0.6 is 22.7 Å². The molecular formula is C14H18N2O2S3. The van der Waals surface area contributed by atoms with Crippen molar-refractivity contribution in [1.82, 2.24) is 9.62 Å². The van der Waals surface area contributed by atoms with Crippen LogP contribution in [0.1, 0.15) is 22.6 Å². The highest BCUT2D eigenvalue weighted by Crippen LogP contribution is 2.36. The van der Waals surface area contributed by atoms with E-state index in [9.17, 15) is 8.42 Å². The Balaban J connectivity index is 1.85. The van der Waals surface area contributed by atoms with Gasteiger partial charge in [0.05, 0.1) is 0 Å². The third-order valence-corrected chi connectivity index (χ3v) is 7.71. The molecule has 7 heteroatoms. The Morgan fingerprint density at radius 2 is 2.10 bits per heavy atom. The molecule has 0 radical (unpaired) electrons. The van der Waals surface area contributed by atoms with Gasteiger partial charge in [-0.25, -0.2) is 8.42 Å². The fourth-order valence-electron chi connectivity index (χ4n) is 2.21. The molecular weight excluding hydrogens is 324 g/mol. The van der Waals surface area contributed by atoms with Crippen molar-refractivity contribution in [2.24, 2.45) is 0 Å². The highest BCUT2D eigenvalue weighted by atomic mass is 32.2. The molecule has 2 aromatic rings. The van der Waals surface area contributed by atoms with Crippen LogP contribution in [0.25, 0.3) is 0 Å². The maximum Gasteiger partial charge on any atom is 0.253 e. The number of hydrogen-bond acceptors (Lipinski definition) is 5. The fraction of sp³-hybridized carbons (Fsp3) is 0.429. The molecule has 1 N–H and O–H groups in total. The molecule has 0 bridgehead atoms. The van der Waals surface area contributed by atoms with Gasteiger partial charge in [0, 0.05) is 28.9 Å².